The van der Waals surface area contributed by atoms with E-state index in [1.54, 1.807) is 0 Å². The van der Waals surface area contributed by atoms with Crippen molar-refractivity contribution in [1.82, 2.24) is 0 Å². The Hall–Kier alpha value is 1.78. The zero-order valence-corrected chi connectivity index (χ0v) is 20.5. The fourth-order valence-corrected chi connectivity index (χ4v) is 9.32. The smallest absolute Gasteiger partial charge is 0.324 e. The molecule has 0 fully saturated rings. The maximum absolute atomic E-state index is 9.76. The quantitative estimate of drug-likeness (QED) is 0.281. The Morgan fingerprint density at radius 3 is 1.04 bits per heavy atom. The van der Waals surface area contributed by atoms with Gasteiger partial charge in [0.1, 0.15) is 0 Å². The molecule has 4 N–H and O–H groups in total. The van der Waals surface area contributed by atoms with E-state index >= 15 is 0 Å². The first-order chi connectivity index (χ1) is 11.7. The highest BCUT2D eigenvalue weighted by molar-refractivity contribution is 8.14. The van der Waals surface area contributed by atoms with Gasteiger partial charge < -0.3 is 37.7 Å². The summed E-state index contributed by atoms with van der Waals surface area (Å²) in [6.45, 7) is -1.13. The molecule has 18 heteroatoms. The summed E-state index contributed by atoms with van der Waals surface area (Å²) < 4.78 is 40.0. The highest BCUT2D eigenvalue weighted by atomic mass is 32.5. The molecule has 0 aliphatic heterocycles. The molecule has 0 atom stereocenters. The Labute approximate surface area is 168 Å². The average molecular weight is 516 g/mol. The summed E-state index contributed by atoms with van der Waals surface area (Å²) in [7, 11) is -4.84. The van der Waals surface area contributed by atoms with Crippen LogP contribution in [0, 0.1) is 0 Å². The van der Waals surface area contributed by atoms with Crippen molar-refractivity contribution in [3.63, 3.8) is 0 Å². The van der Waals surface area contributed by atoms with Gasteiger partial charge in [-0.1, -0.05) is 0 Å². The lowest BCUT2D eigenvalue weighted by Crippen LogP contribution is -2.03. The van der Waals surface area contributed by atoms with Crippen molar-refractivity contribution in [2.45, 2.75) is 27.7 Å². The van der Waals surface area contributed by atoms with Gasteiger partial charge in [0.05, 0.1) is 26.4 Å². The standard InChI is InChI=1S/C8H20O5P2S2.H4O6P2S/c1-5-9-14(16,10-6-2)13-15(17,11-7-3)12-8-4;1-7(2,3)6-8(4,5)9/h5-8H2,1-4H3;(H2,1,2,3)(H2,4,5,9). The van der Waals surface area contributed by atoms with Gasteiger partial charge in [-0.25, -0.2) is 13.2 Å². The van der Waals surface area contributed by atoms with E-state index in [1.807, 2.05) is 27.7 Å². The predicted octanol–water partition coefficient (Wildman–Crippen LogP) is 2.90. The number of phosphoric acid groups is 1. The molecule has 0 unspecified atom stereocenters. The third kappa shape index (κ3) is 17.8. The van der Waals surface area contributed by atoms with Crippen molar-refractivity contribution in [2.75, 3.05) is 26.4 Å². The van der Waals surface area contributed by atoms with E-state index in [4.69, 9.17) is 65.6 Å². The molecule has 0 spiro atoms. The molecule has 0 rings (SSSR count). The molecule has 160 valence electrons. The lowest BCUT2D eigenvalue weighted by Gasteiger charge is -2.27. The molecule has 0 aromatic carbocycles. The van der Waals surface area contributed by atoms with Gasteiger partial charge in [0.25, 0.3) is 0 Å². The monoisotopic (exact) mass is 516 g/mol. The first-order valence-electron chi connectivity index (χ1n) is 6.97. The molecule has 0 aromatic rings. The Morgan fingerprint density at radius 2 is 0.923 bits per heavy atom. The Kier molecular flexibility index (Phi) is 16.0. The molecule has 26 heavy (non-hydrogen) atoms. The summed E-state index contributed by atoms with van der Waals surface area (Å²) in [6, 6.07) is 0. The second-order valence-corrected chi connectivity index (χ2v) is 13.9. The molecular weight excluding hydrogens is 492 g/mol. The highest BCUT2D eigenvalue weighted by Crippen LogP contribution is 2.66. The van der Waals surface area contributed by atoms with Crippen LogP contribution in [0.3, 0.4) is 0 Å². The van der Waals surface area contributed by atoms with Crippen LogP contribution in [0.5, 0.6) is 0 Å². The molecular formula is C8H24O11P4S3. The normalized spacial score (nSPS) is 13.2. The van der Waals surface area contributed by atoms with Crippen LogP contribution in [0.25, 0.3) is 0 Å². The van der Waals surface area contributed by atoms with Crippen molar-refractivity contribution < 1.29 is 50.9 Å². The summed E-state index contributed by atoms with van der Waals surface area (Å²) in [5.41, 5.74) is 0. The van der Waals surface area contributed by atoms with E-state index in [0.717, 1.165) is 0 Å². The second kappa shape index (κ2) is 13.9. The fraction of sp³-hybridized carbons (Fsp3) is 1.00. The van der Waals surface area contributed by atoms with Crippen molar-refractivity contribution in [3.8, 4) is 0 Å². The van der Waals surface area contributed by atoms with Crippen LogP contribution >= 0.6 is 28.0 Å². The minimum absolute atomic E-state index is 0.394. The summed E-state index contributed by atoms with van der Waals surface area (Å²) in [5.74, 6) is 0. The first-order valence-corrected chi connectivity index (χ1v) is 16.2. The molecule has 0 heterocycles. The van der Waals surface area contributed by atoms with Gasteiger partial charge in [-0.2, -0.15) is 0 Å². The van der Waals surface area contributed by atoms with Gasteiger partial charge in [0, 0.05) is 0 Å². The molecule has 0 aliphatic rings. The van der Waals surface area contributed by atoms with E-state index in [-0.39, 0.29) is 0 Å². The van der Waals surface area contributed by atoms with Crippen LogP contribution < -0.4 is 0 Å². The van der Waals surface area contributed by atoms with Crippen LogP contribution in [0.4, 0.5) is 0 Å². The highest BCUT2D eigenvalue weighted by Gasteiger charge is 2.32. The van der Waals surface area contributed by atoms with Crippen LogP contribution in [0.2, 0.25) is 0 Å². The van der Waals surface area contributed by atoms with E-state index in [2.05, 4.69) is 16.1 Å². The first kappa shape index (κ1) is 30.0. The summed E-state index contributed by atoms with van der Waals surface area (Å²) >= 11 is 14.2. The van der Waals surface area contributed by atoms with Crippen molar-refractivity contribution in [2.24, 2.45) is 0 Å². The third-order valence-corrected chi connectivity index (χ3v) is 10.2. The molecule has 0 radical (unpaired) electrons. The molecule has 0 aliphatic carbocycles. The Balaban J connectivity index is 0. The van der Waals surface area contributed by atoms with Crippen LogP contribution in [-0.4, -0.2) is 46.0 Å². The number of hydrogen-bond donors (Lipinski definition) is 4. The van der Waals surface area contributed by atoms with Crippen LogP contribution in [0.1, 0.15) is 27.7 Å². The van der Waals surface area contributed by atoms with Gasteiger partial charge >= 0.3 is 28.0 Å². The minimum atomic E-state index is -4.84. The molecule has 0 aromatic heterocycles. The summed E-state index contributed by atoms with van der Waals surface area (Å²) in [4.78, 5) is 32.0. The lowest BCUT2D eigenvalue weighted by atomic mass is 10.9. The van der Waals surface area contributed by atoms with Crippen molar-refractivity contribution in [3.05, 3.63) is 0 Å². The molecule has 0 amide bonds. The number of hydrogen-bond acceptors (Lipinski definition) is 10. The molecule has 11 nitrogen and oxygen atoms in total. The van der Waals surface area contributed by atoms with E-state index < -0.39 is 28.0 Å². The van der Waals surface area contributed by atoms with E-state index in [9.17, 15) is 4.57 Å². The zero-order chi connectivity index (χ0) is 21.1. The van der Waals surface area contributed by atoms with Gasteiger partial charge in [-0.3, -0.25) is 0 Å². The molecule has 0 saturated heterocycles. The Bertz CT molecular complexity index is 508. The van der Waals surface area contributed by atoms with Gasteiger partial charge in [-0.05, 0) is 63.1 Å². The fourth-order valence-electron chi connectivity index (χ4n) is 1.06. The summed E-state index contributed by atoms with van der Waals surface area (Å²) in [6.07, 6.45) is 0. The maximum atomic E-state index is 9.76. The summed E-state index contributed by atoms with van der Waals surface area (Å²) in [5, 5.41) is 0. The van der Waals surface area contributed by atoms with Crippen molar-refractivity contribution in [1.29, 1.82) is 0 Å². The number of rotatable bonds is 12. The van der Waals surface area contributed by atoms with Crippen LogP contribution in [0.15, 0.2) is 0 Å². The largest absolute Gasteiger partial charge is 0.476 e. The predicted molar refractivity (Wildman–Crippen MR) is 108 cm³/mol. The average Bonchev–Trinajstić information content (AvgIpc) is 2.34. The van der Waals surface area contributed by atoms with Crippen LogP contribution in [-0.2, 0) is 66.7 Å². The van der Waals surface area contributed by atoms with Gasteiger partial charge in [0.15, 0.2) is 0 Å². The lowest BCUT2D eigenvalue weighted by molar-refractivity contribution is 0.176. The Morgan fingerprint density at radius 1 is 0.654 bits per heavy atom. The maximum Gasteiger partial charge on any atom is 0.476 e. The van der Waals surface area contributed by atoms with E-state index in [0.29, 0.717) is 26.4 Å². The SMILES string of the molecule is CCOP(=S)(OCC)OP(=S)(OCC)OCC.O=P(O)(O)OP(O)(O)=S. The zero-order valence-electron chi connectivity index (χ0n) is 14.5. The molecule has 0 saturated carbocycles. The minimum Gasteiger partial charge on any atom is -0.324 e. The topological polar surface area (TPSA) is 153 Å². The van der Waals surface area contributed by atoms with Crippen molar-refractivity contribution >= 4 is 63.4 Å². The second-order valence-electron chi connectivity index (χ2n) is 3.71. The third-order valence-electron chi connectivity index (χ3n) is 1.56. The van der Waals surface area contributed by atoms with Gasteiger partial charge in [0.2, 0.25) is 0 Å². The molecule has 0 bridgehead atoms. The van der Waals surface area contributed by atoms with E-state index in [1.165, 1.54) is 0 Å². The van der Waals surface area contributed by atoms with Gasteiger partial charge in [-0.15, -0.1) is 0 Å².